The summed E-state index contributed by atoms with van der Waals surface area (Å²) in [6.45, 7) is 13.1. The first-order valence-corrected chi connectivity index (χ1v) is 19.2. The minimum absolute atomic E-state index is 0.0999. The molecule has 310 valence electrons. The van der Waals surface area contributed by atoms with E-state index in [4.69, 9.17) is 9.47 Å². The smallest absolute Gasteiger partial charge is 0.261 e. The van der Waals surface area contributed by atoms with E-state index in [2.05, 4.69) is 5.32 Å². The number of likely N-dealkylation sites (tertiary alicyclic amines) is 1. The SMILES string of the molecule is C/C=C\C=C\[C@@H]1O[C@](O)(C(CC)C(=O)NC/C=C/C=C(\C)C(OC)C(C)C(O)C(O)/C=C/C=C/C=C/C=C(C)/C(O)=C2/C(=O)CCN(C)C2=O)C[C@H](O)C1(C)C. The maximum absolute atomic E-state index is 13.2. The Morgan fingerprint density at radius 2 is 1.71 bits per heavy atom. The van der Waals surface area contributed by atoms with Crippen molar-refractivity contribution in [3.05, 3.63) is 108 Å². The molecule has 2 rings (SSSR count). The van der Waals surface area contributed by atoms with Crippen LogP contribution < -0.4 is 5.32 Å². The normalized spacial score (nSPS) is 26.6. The molecule has 0 aromatic heterocycles. The van der Waals surface area contributed by atoms with Crippen LogP contribution in [0.15, 0.2) is 108 Å². The lowest BCUT2D eigenvalue weighted by molar-refractivity contribution is -0.314. The second kappa shape index (κ2) is 22.5. The largest absolute Gasteiger partial charge is 0.507 e. The Labute approximate surface area is 332 Å². The fourth-order valence-electron chi connectivity index (χ4n) is 6.62. The average molecular weight is 781 g/mol. The van der Waals surface area contributed by atoms with Crippen LogP contribution in [-0.2, 0) is 23.9 Å². The number of rotatable bonds is 18. The molecule has 8 atom stereocenters. The van der Waals surface area contributed by atoms with Crippen molar-refractivity contribution in [2.75, 3.05) is 27.2 Å². The van der Waals surface area contributed by atoms with Gasteiger partial charge in [-0.25, -0.2) is 0 Å². The first kappa shape index (κ1) is 48.0. The number of Topliss-reactive ketones (excluding diaryl/α,β-unsaturated/α-hetero) is 1. The molecule has 12 heteroatoms. The third-order valence-electron chi connectivity index (χ3n) is 10.4. The van der Waals surface area contributed by atoms with Gasteiger partial charge in [-0.2, -0.15) is 0 Å². The Morgan fingerprint density at radius 1 is 1.05 bits per heavy atom. The third kappa shape index (κ3) is 12.9. The summed E-state index contributed by atoms with van der Waals surface area (Å²) in [6.07, 6.45) is 19.8. The van der Waals surface area contributed by atoms with Crippen LogP contribution in [0.4, 0.5) is 0 Å². The number of nitrogens with one attached hydrogen (secondary N) is 1. The Morgan fingerprint density at radius 3 is 2.36 bits per heavy atom. The monoisotopic (exact) mass is 780 g/mol. The fourth-order valence-corrected chi connectivity index (χ4v) is 6.62. The Kier molecular flexibility index (Phi) is 19.3. The number of carbonyl (C=O) groups excluding carboxylic acids is 3. The summed E-state index contributed by atoms with van der Waals surface area (Å²) in [4.78, 5) is 39.1. The van der Waals surface area contributed by atoms with Crippen molar-refractivity contribution in [2.45, 2.75) is 104 Å². The molecule has 2 saturated heterocycles. The lowest BCUT2D eigenvalue weighted by Crippen LogP contribution is -2.60. The van der Waals surface area contributed by atoms with Gasteiger partial charge in [-0.1, -0.05) is 113 Å². The zero-order chi connectivity index (χ0) is 42.2. The van der Waals surface area contributed by atoms with E-state index in [1.54, 1.807) is 94.7 Å². The average Bonchev–Trinajstić information content (AvgIpc) is 3.14. The van der Waals surface area contributed by atoms with E-state index >= 15 is 0 Å². The zero-order valence-electron chi connectivity index (χ0n) is 34.4. The summed E-state index contributed by atoms with van der Waals surface area (Å²) in [5, 5.41) is 57.3. The molecule has 0 saturated carbocycles. The highest BCUT2D eigenvalue weighted by molar-refractivity contribution is 6.21. The van der Waals surface area contributed by atoms with Crippen LogP contribution in [0.3, 0.4) is 0 Å². The van der Waals surface area contributed by atoms with Gasteiger partial charge in [0.1, 0.15) is 11.3 Å². The molecular weight excluding hydrogens is 716 g/mol. The number of nitrogens with zero attached hydrogens (tertiary/aromatic N) is 1. The summed E-state index contributed by atoms with van der Waals surface area (Å²) in [7, 11) is 3.10. The topological polar surface area (TPSA) is 186 Å². The van der Waals surface area contributed by atoms with Gasteiger partial charge in [-0.3, -0.25) is 14.4 Å². The lowest BCUT2D eigenvalue weighted by atomic mass is 9.72. The van der Waals surface area contributed by atoms with Crippen molar-refractivity contribution < 1.29 is 49.4 Å². The van der Waals surface area contributed by atoms with E-state index in [0.717, 1.165) is 5.57 Å². The van der Waals surface area contributed by atoms with Gasteiger partial charge in [0.2, 0.25) is 5.91 Å². The second-order valence-electron chi connectivity index (χ2n) is 15.0. The Hall–Kier alpha value is -4.17. The van der Waals surface area contributed by atoms with Gasteiger partial charge >= 0.3 is 0 Å². The molecule has 2 aliphatic heterocycles. The van der Waals surface area contributed by atoms with Crippen LogP contribution in [0.25, 0.3) is 0 Å². The first-order chi connectivity index (χ1) is 26.4. The van der Waals surface area contributed by atoms with Crippen LogP contribution in [0, 0.1) is 17.3 Å². The molecule has 56 heavy (non-hydrogen) atoms. The molecule has 2 heterocycles. The fraction of sp³-hybridized carbons (Fsp3) is 0.523. The number of hydrogen-bond acceptors (Lipinski definition) is 10. The number of amides is 2. The number of piperidine rings is 1. The molecule has 2 amide bonds. The minimum atomic E-state index is -1.85. The van der Waals surface area contributed by atoms with Gasteiger partial charge in [0.15, 0.2) is 11.6 Å². The molecule has 0 aromatic rings. The molecule has 0 spiro atoms. The zero-order valence-corrected chi connectivity index (χ0v) is 34.4. The van der Waals surface area contributed by atoms with Gasteiger partial charge in [0, 0.05) is 51.4 Å². The number of ketones is 1. The van der Waals surface area contributed by atoms with Crippen molar-refractivity contribution in [3.63, 3.8) is 0 Å². The van der Waals surface area contributed by atoms with E-state index in [0.29, 0.717) is 18.5 Å². The van der Waals surface area contributed by atoms with Gasteiger partial charge < -0.3 is 45.2 Å². The molecule has 12 nitrogen and oxygen atoms in total. The van der Waals surface area contributed by atoms with Gasteiger partial charge in [0.05, 0.1) is 36.4 Å². The van der Waals surface area contributed by atoms with Crippen molar-refractivity contribution in [2.24, 2.45) is 17.3 Å². The predicted octanol–water partition coefficient (Wildman–Crippen LogP) is 4.86. The van der Waals surface area contributed by atoms with Crippen LogP contribution in [0.5, 0.6) is 0 Å². The van der Waals surface area contributed by atoms with Crippen molar-refractivity contribution in [1.29, 1.82) is 0 Å². The number of likely N-dealkylation sites (N-methyl/N-ethyl adjacent to an activating group) is 1. The van der Waals surface area contributed by atoms with Crippen LogP contribution >= 0.6 is 0 Å². The van der Waals surface area contributed by atoms with Crippen LogP contribution in [-0.4, -0.2) is 112 Å². The van der Waals surface area contributed by atoms with Crippen LogP contribution in [0.2, 0.25) is 0 Å². The van der Waals surface area contributed by atoms with Crippen LogP contribution in [0.1, 0.15) is 67.7 Å². The molecule has 2 aliphatic rings. The lowest BCUT2D eigenvalue weighted by Gasteiger charge is -2.50. The second-order valence-corrected chi connectivity index (χ2v) is 15.0. The molecule has 5 unspecified atom stereocenters. The van der Waals surface area contributed by atoms with Gasteiger partial charge in [0.25, 0.3) is 5.91 Å². The number of ether oxygens (including phenoxy) is 2. The number of methoxy groups -OCH3 is 1. The molecular formula is C44H64N2O10. The Balaban J connectivity index is 1.96. The summed E-state index contributed by atoms with van der Waals surface area (Å²) >= 11 is 0. The Bertz CT molecular complexity index is 1630. The summed E-state index contributed by atoms with van der Waals surface area (Å²) in [5.74, 6) is -4.89. The highest BCUT2D eigenvalue weighted by Gasteiger charge is 2.54. The molecule has 6 N–H and O–H groups in total. The highest BCUT2D eigenvalue weighted by atomic mass is 16.6. The third-order valence-corrected chi connectivity index (χ3v) is 10.4. The number of aliphatic hydroxyl groups is 5. The number of aliphatic hydroxyl groups excluding tert-OH is 4. The number of allylic oxidation sites excluding steroid dienone is 12. The molecule has 0 radical (unpaired) electrons. The summed E-state index contributed by atoms with van der Waals surface area (Å²) < 4.78 is 11.8. The van der Waals surface area contributed by atoms with Gasteiger partial charge in [-0.05, 0) is 38.3 Å². The summed E-state index contributed by atoms with van der Waals surface area (Å²) in [5.41, 5.74) is 0.270. The van der Waals surface area contributed by atoms with Crippen molar-refractivity contribution in [3.8, 4) is 0 Å². The predicted molar refractivity (Wildman–Crippen MR) is 218 cm³/mol. The van der Waals surface area contributed by atoms with Crippen molar-refractivity contribution in [1.82, 2.24) is 10.2 Å². The number of hydrogen-bond donors (Lipinski definition) is 6. The quantitative estimate of drug-likeness (QED) is 0.0486. The van der Waals surface area contributed by atoms with Crippen molar-refractivity contribution >= 4 is 17.6 Å². The van der Waals surface area contributed by atoms with E-state index in [1.807, 2.05) is 39.8 Å². The summed E-state index contributed by atoms with van der Waals surface area (Å²) in [6, 6.07) is 0. The van der Waals surface area contributed by atoms with E-state index in [9.17, 15) is 39.9 Å². The maximum Gasteiger partial charge on any atom is 0.261 e. The number of carbonyl (C=O) groups is 3. The standard InChI is InChI=1S/C44H64N2O10/c1-10-12-16-24-36-43(6,7)35(49)28-44(54,56-36)32(11-2)41(52)45-26-20-19-22-30(4)40(55-9)31(5)39(51)34(48)23-18-15-13-14-17-21-29(3)38(50)37-33(47)25-27-46(8)42(37)53/h10,12-24,31-32,34-36,39-40,48-51,54H,11,25-28H2,1-9H3,(H,45,52)/b12-10-,15-13+,17-14+,20-19+,23-18+,24-16+,29-21+,30-22+,38-37+/t31?,32?,34?,35-,36-,39?,40?,44-/m0/s1. The van der Waals surface area contributed by atoms with Gasteiger partial charge in [-0.15, -0.1) is 0 Å². The van der Waals surface area contributed by atoms with E-state index in [-0.39, 0.29) is 36.5 Å². The molecule has 0 aliphatic carbocycles. The molecule has 0 bridgehead atoms. The molecule has 2 fully saturated rings. The first-order valence-electron chi connectivity index (χ1n) is 19.2. The maximum atomic E-state index is 13.2. The van der Waals surface area contributed by atoms with E-state index < -0.39 is 65.4 Å². The molecule has 0 aromatic carbocycles. The minimum Gasteiger partial charge on any atom is -0.507 e. The highest BCUT2D eigenvalue weighted by Crippen LogP contribution is 2.44. The van der Waals surface area contributed by atoms with E-state index in [1.165, 1.54) is 18.1 Å².